The molecule has 11 nitrogen and oxygen atoms in total. The van der Waals surface area contributed by atoms with Gasteiger partial charge in [0.05, 0.1) is 0 Å². The second kappa shape index (κ2) is 10.0. The SMILES string of the molecule is CC(C)C(N)C(=O)OCC1OC(n2ccc(N)nc2=O)CC1OC(=O)C(N)C(C)C. The Hall–Kier alpha value is -2.50. The first kappa shape index (κ1) is 23.8. The van der Waals surface area contributed by atoms with E-state index in [-0.39, 0.29) is 30.7 Å². The zero-order valence-electron chi connectivity index (χ0n) is 17.7. The molecule has 2 heterocycles. The number of nitrogens with zero attached hydrogens (tertiary/aromatic N) is 2. The van der Waals surface area contributed by atoms with Crippen molar-refractivity contribution in [2.75, 3.05) is 12.3 Å². The van der Waals surface area contributed by atoms with Crippen molar-refractivity contribution in [3.8, 4) is 0 Å². The van der Waals surface area contributed by atoms with Crippen LogP contribution >= 0.6 is 0 Å². The quantitative estimate of drug-likeness (QED) is 0.462. The van der Waals surface area contributed by atoms with E-state index in [1.807, 2.05) is 0 Å². The third-order valence-corrected chi connectivity index (χ3v) is 4.98. The number of hydrogen-bond donors (Lipinski definition) is 3. The highest BCUT2D eigenvalue weighted by atomic mass is 16.6. The van der Waals surface area contributed by atoms with Crippen molar-refractivity contribution in [1.29, 1.82) is 0 Å². The number of anilines is 1. The molecule has 5 unspecified atom stereocenters. The number of nitrogen functional groups attached to an aromatic ring is 1. The van der Waals surface area contributed by atoms with E-state index in [1.165, 1.54) is 16.8 Å². The van der Waals surface area contributed by atoms with Crippen molar-refractivity contribution in [2.24, 2.45) is 23.3 Å². The first-order valence-electron chi connectivity index (χ1n) is 9.89. The van der Waals surface area contributed by atoms with E-state index < -0.39 is 48.1 Å². The third-order valence-electron chi connectivity index (χ3n) is 4.98. The van der Waals surface area contributed by atoms with Crippen LogP contribution in [0.5, 0.6) is 0 Å². The Morgan fingerprint density at radius 1 is 1.20 bits per heavy atom. The van der Waals surface area contributed by atoms with E-state index in [0.717, 1.165) is 0 Å². The van der Waals surface area contributed by atoms with Gasteiger partial charge in [-0.05, 0) is 17.9 Å². The van der Waals surface area contributed by atoms with Crippen LogP contribution in [0.25, 0.3) is 0 Å². The Morgan fingerprint density at radius 3 is 2.37 bits per heavy atom. The first-order chi connectivity index (χ1) is 14.0. The molecule has 1 saturated heterocycles. The number of ether oxygens (including phenoxy) is 3. The summed E-state index contributed by atoms with van der Waals surface area (Å²) in [6, 6.07) is -0.154. The van der Waals surface area contributed by atoms with E-state index in [0.29, 0.717) is 0 Å². The Morgan fingerprint density at radius 2 is 1.80 bits per heavy atom. The second-order valence-corrected chi connectivity index (χ2v) is 8.05. The average molecular weight is 425 g/mol. The molecule has 168 valence electrons. The maximum Gasteiger partial charge on any atom is 0.351 e. The lowest BCUT2D eigenvalue weighted by atomic mass is 10.1. The maximum atomic E-state index is 12.3. The number of carbonyl (C=O) groups excluding carboxylic acids is 2. The highest BCUT2D eigenvalue weighted by Crippen LogP contribution is 2.31. The zero-order valence-corrected chi connectivity index (χ0v) is 17.7. The number of rotatable bonds is 8. The summed E-state index contributed by atoms with van der Waals surface area (Å²) >= 11 is 0. The molecule has 0 aromatic carbocycles. The molecule has 1 aromatic rings. The Labute approximate surface area is 174 Å². The molecule has 2 rings (SSSR count). The Bertz CT molecular complexity index is 811. The lowest BCUT2D eigenvalue weighted by Crippen LogP contribution is -2.42. The number of esters is 2. The predicted octanol–water partition coefficient (Wildman–Crippen LogP) is -0.465. The van der Waals surface area contributed by atoms with E-state index in [9.17, 15) is 14.4 Å². The summed E-state index contributed by atoms with van der Waals surface area (Å²) in [5.41, 5.74) is 16.6. The molecule has 1 aliphatic rings. The summed E-state index contributed by atoms with van der Waals surface area (Å²) in [5, 5.41) is 0. The molecule has 1 aromatic heterocycles. The minimum atomic E-state index is -0.817. The second-order valence-electron chi connectivity index (χ2n) is 8.05. The van der Waals surface area contributed by atoms with Crippen LogP contribution in [0.2, 0.25) is 0 Å². The van der Waals surface area contributed by atoms with Gasteiger partial charge >= 0.3 is 17.6 Å². The average Bonchev–Trinajstić information content (AvgIpc) is 3.06. The number of hydrogen-bond acceptors (Lipinski definition) is 10. The molecule has 0 saturated carbocycles. The van der Waals surface area contributed by atoms with Crippen LogP contribution in [-0.2, 0) is 23.8 Å². The van der Waals surface area contributed by atoms with Gasteiger partial charge in [-0.2, -0.15) is 4.98 Å². The number of carbonyl (C=O) groups is 2. The molecule has 6 N–H and O–H groups in total. The van der Waals surface area contributed by atoms with Gasteiger partial charge < -0.3 is 31.4 Å². The predicted molar refractivity (Wildman–Crippen MR) is 108 cm³/mol. The zero-order chi connectivity index (χ0) is 22.6. The van der Waals surface area contributed by atoms with E-state index >= 15 is 0 Å². The summed E-state index contributed by atoms with van der Waals surface area (Å²) in [5.74, 6) is -1.34. The van der Waals surface area contributed by atoms with Crippen LogP contribution in [-0.4, -0.2) is 52.4 Å². The Kier molecular flexibility index (Phi) is 7.93. The first-order valence-corrected chi connectivity index (χ1v) is 9.89. The van der Waals surface area contributed by atoms with E-state index in [1.54, 1.807) is 27.7 Å². The molecule has 0 radical (unpaired) electrons. The van der Waals surface area contributed by atoms with Gasteiger partial charge in [0.2, 0.25) is 0 Å². The van der Waals surface area contributed by atoms with Gasteiger partial charge in [-0.1, -0.05) is 27.7 Å². The topological polar surface area (TPSA) is 175 Å². The van der Waals surface area contributed by atoms with Crippen LogP contribution in [0.15, 0.2) is 17.1 Å². The number of nitrogens with two attached hydrogens (primary N) is 3. The van der Waals surface area contributed by atoms with Gasteiger partial charge in [-0.15, -0.1) is 0 Å². The lowest BCUT2D eigenvalue weighted by molar-refractivity contribution is -0.161. The monoisotopic (exact) mass is 425 g/mol. The third kappa shape index (κ3) is 5.77. The standard InChI is InChI=1S/C19H31N5O6/c1-9(2)15(21)17(25)28-8-12-11(30-18(26)16(22)10(3)4)7-14(29-12)24-6-5-13(20)23-19(24)27/h5-6,9-12,14-16H,7-8,21-22H2,1-4H3,(H2,20,23,27). The van der Waals surface area contributed by atoms with Gasteiger partial charge in [0.25, 0.3) is 0 Å². The van der Waals surface area contributed by atoms with Crippen molar-refractivity contribution in [1.82, 2.24) is 9.55 Å². The molecule has 0 bridgehead atoms. The smallest absolute Gasteiger partial charge is 0.351 e. The van der Waals surface area contributed by atoms with E-state index in [4.69, 9.17) is 31.4 Å². The normalized spacial score (nSPS) is 23.4. The molecule has 30 heavy (non-hydrogen) atoms. The molecule has 0 aliphatic carbocycles. The van der Waals surface area contributed by atoms with Crippen LogP contribution in [0.4, 0.5) is 5.82 Å². The highest BCUT2D eigenvalue weighted by molar-refractivity contribution is 5.76. The summed E-state index contributed by atoms with van der Waals surface area (Å²) < 4.78 is 17.9. The molecule has 11 heteroatoms. The molecular formula is C19H31N5O6. The van der Waals surface area contributed by atoms with Crippen LogP contribution < -0.4 is 22.9 Å². The van der Waals surface area contributed by atoms with Crippen molar-refractivity contribution < 1.29 is 23.8 Å². The minimum Gasteiger partial charge on any atom is -0.462 e. The summed E-state index contributed by atoms with van der Waals surface area (Å²) in [6.45, 7) is 7.00. The fourth-order valence-electron chi connectivity index (χ4n) is 2.82. The van der Waals surface area contributed by atoms with Gasteiger partial charge in [0.1, 0.15) is 42.9 Å². The van der Waals surface area contributed by atoms with Gasteiger partial charge in [-0.25, -0.2) is 4.79 Å². The lowest BCUT2D eigenvalue weighted by Gasteiger charge is -2.22. The molecule has 1 aliphatic heterocycles. The molecular weight excluding hydrogens is 394 g/mol. The minimum absolute atomic E-state index is 0.0771. The molecule has 0 amide bonds. The van der Waals surface area contributed by atoms with Crippen molar-refractivity contribution in [2.45, 2.75) is 64.6 Å². The molecule has 0 spiro atoms. The van der Waals surface area contributed by atoms with Crippen LogP contribution in [0, 0.1) is 11.8 Å². The van der Waals surface area contributed by atoms with Crippen LogP contribution in [0.3, 0.4) is 0 Å². The fraction of sp³-hybridized carbons (Fsp3) is 0.684. The van der Waals surface area contributed by atoms with Crippen molar-refractivity contribution >= 4 is 17.8 Å². The van der Waals surface area contributed by atoms with Crippen molar-refractivity contribution in [3.05, 3.63) is 22.7 Å². The van der Waals surface area contributed by atoms with Gasteiger partial charge in [0, 0.05) is 12.6 Å². The largest absolute Gasteiger partial charge is 0.462 e. The Balaban J connectivity index is 2.16. The van der Waals surface area contributed by atoms with Crippen molar-refractivity contribution in [3.63, 3.8) is 0 Å². The molecule has 1 fully saturated rings. The highest BCUT2D eigenvalue weighted by Gasteiger charge is 2.41. The number of aromatic nitrogens is 2. The molecule has 5 atom stereocenters. The summed E-state index contributed by atoms with van der Waals surface area (Å²) in [4.78, 5) is 40.3. The fourth-order valence-corrected chi connectivity index (χ4v) is 2.82. The summed E-state index contributed by atoms with van der Waals surface area (Å²) in [6.07, 6.45) is -0.760. The maximum absolute atomic E-state index is 12.3. The summed E-state index contributed by atoms with van der Waals surface area (Å²) in [7, 11) is 0. The van der Waals surface area contributed by atoms with Crippen LogP contribution in [0.1, 0.15) is 40.3 Å². The van der Waals surface area contributed by atoms with Gasteiger partial charge in [-0.3, -0.25) is 14.2 Å². The van der Waals surface area contributed by atoms with E-state index in [2.05, 4.69) is 4.98 Å². The van der Waals surface area contributed by atoms with Gasteiger partial charge in [0.15, 0.2) is 0 Å².